The van der Waals surface area contributed by atoms with Crippen molar-refractivity contribution in [3.63, 3.8) is 0 Å². The molecule has 2 heteroatoms. The Morgan fingerprint density at radius 2 is 2.31 bits per heavy atom. The lowest BCUT2D eigenvalue weighted by atomic mass is 9.77. The zero-order valence-corrected chi connectivity index (χ0v) is 8.71. The Labute approximate surface area is 80.7 Å². The fourth-order valence-electron chi connectivity index (χ4n) is 2.06. The molecule has 1 fully saturated rings. The first kappa shape index (κ1) is 10.7. The van der Waals surface area contributed by atoms with E-state index in [9.17, 15) is 4.79 Å². The summed E-state index contributed by atoms with van der Waals surface area (Å²) in [5.74, 6) is 0.394. The molecular formula is C11H20O2. The normalized spacial score (nSPS) is 34.5. The standard InChI is InChI=1S/C11H20O2/c1-3-8-13-11(9-12)7-5-4-6-10(11)2/h9-10H,3-8H2,1-2H3. The van der Waals surface area contributed by atoms with Crippen molar-refractivity contribution in [1.82, 2.24) is 0 Å². The first-order valence-corrected chi connectivity index (χ1v) is 5.35. The van der Waals surface area contributed by atoms with E-state index in [0.717, 1.165) is 32.0 Å². The van der Waals surface area contributed by atoms with Crippen molar-refractivity contribution in [2.45, 2.75) is 51.6 Å². The average Bonchev–Trinajstić information content (AvgIpc) is 2.17. The first-order valence-electron chi connectivity index (χ1n) is 5.35. The minimum atomic E-state index is -0.450. The molecule has 0 aromatic rings. The van der Waals surface area contributed by atoms with Crippen LogP contribution in [0.25, 0.3) is 0 Å². The lowest BCUT2D eigenvalue weighted by Crippen LogP contribution is -2.43. The van der Waals surface area contributed by atoms with Crippen LogP contribution < -0.4 is 0 Å². The van der Waals surface area contributed by atoms with Crippen molar-refractivity contribution >= 4 is 6.29 Å². The average molecular weight is 184 g/mol. The second-order valence-corrected chi connectivity index (χ2v) is 4.07. The van der Waals surface area contributed by atoms with Gasteiger partial charge in [0.25, 0.3) is 0 Å². The second kappa shape index (κ2) is 4.75. The highest BCUT2D eigenvalue weighted by atomic mass is 16.5. The lowest BCUT2D eigenvalue weighted by Gasteiger charge is -2.37. The summed E-state index contributed by atoms with van der Waals surface area (Å²) in [5, 5.41) is 0. The molecule has 0 aliphatic heterocycles. The molecule has 0 bridgehead atoms. The zero-order chi connectivity index (χ0) is 9.73. The number of hydrogen-bond donors (Lipinski definition) is 0. The van der Waals surface area contributed by atoms with E-state index in [2.05, 4.69) is 13.8 Å². The molecular weight excluding hydrogens is 164 g/mol. The number of ether oxygens (including phenoxy) is 1. The van der Waals surface area contributed by atoms with Gasteiger partial charge in [-0.15, -0.1) is 0 Å². The van der Waals surface area contributed by atoms with E-state index in [1.54, 1.807) is 0 Å². The molecule has 1 aliphatic carbocycles. The van der Waals surface area contributed by atoms with Gasteiger partial charge in [0.15, 0.2) is 6.29 Å². The van der Waals surface area contributed by atoms with Crippen LogP contribution >= 0.6 is 0 Å². The molecule has 2 nitrogen and oxygen atoms in total. The predicted octanol–water partition coefficient (Wildman–Crippen LogP) is 2.56. The van der Waals surface area contributed by atoms with Gasteiger partial charge in [-0.2, -0.15) is 0 Å². The number of rotatable bonds is 4. The van der Waals surface area contributed by atoms with Crippen LogP contribution in [0.15, 0.2) is 0 Å². The van der Waals surface area contributed by atoms with Crippen molar-refractivity contribution in [2.75, 3.05) is 6.61 Å². The molecule has 2 unspecified atom stereocenters. The van der Waals surface area contributed by atoms with Gasteiger partial charge in [0.2, 0.25) is 0 Å². The summed E-state index contributed by atoms with van der Waals surface area (Å²) in [5.41, 5.74) is -0.450. The predicted molar refractivity (Wildman–Crippen MR) is 52.7 cm³/mol. The minimum absolute atomic E-state index is 0.394. The Bertz CT molecular complexity index is 167. The third kappa shape index (κ3) is 2.31. The smallest absolute Gasteiger partial charge is 0.152 e. The van der Waals surface area contributed by atoms with Gasteiger partial charge in [0, 0.05) is 6.61 Å². The summed E-state index contributed by atoms with van der Waals surface area (Å²) in [6.07, 6.45) is 6.44. The molecule has 0 aromatic heterocycles. The highest BCUT2D eigenvalue weighted by Crippen LogP contribution is 2.35. The fourth-order valence-corrected chi connectivity index (χ4v) is 2.06. The topological polar surface area (TPSA) is 26.3 Å². The lowest BCUT2D eigenvalue weighted by molar-refractivity contribution is -0.144. The molecule has 2 atom stereocenters. The first-order chi connectivity index (χ1) is 6.25. The van der Waals surface area contributed by atoms with Crippen molar-refractivity contribution in [2.24, 2.45) is 5.92 Å². The highest BCUT2D eigenvalue weighted by Gasteiger charge is 2.38. The van der Waals surface area contributed by atoms with Gasteiger partial charge in [-0.3, -0.25) is 0 Å². The summed E-state index contributed by atoms with van der Waals surface area (Å²) < 4.78 is 5.71. The molecule has 1 aliphatic rings. The van der Waals surface area contributed by atoms with Crippen molar-refractivity contribution < 1.29 is 9.53 Å². The molecule has 0 aromatic carbocycles. The van der Waals surface area contributed by atoms with Crippen LogP contribution in [-0.4, -0.2) is 18.5 Å². The maximum Gasteiger partial charge on any atom is 0.152 e. The van der Waals surface area contributed by atoms with Crippen LogP contribution in [0.3, 0.4) is 0 Å². The van der Waals surface area contributed by atoms with E-state index in [0.29, 0.717) is 12.5 Å². The van der Waals surface area contributed by atoms with Gasteiger partial charge < -0.3 is 9.53 Å². The van der Waals surface area contributed by atoms with E-state index in [-0.39, 0.29) is 0 Å². The summed E-state index contributed by atoms with van der Waals surface area (Å²) in [4.78, 5) is 11.1. The summed E-state index contributed by atoms with van der Waals surface area (Å²) in [6, 6.07) is 0. The Hall–Kier alpha value is -0.370. The van der Waals surface area contributed by atoms with E-state index in [1.807, 2.05) is 0 Å². The monoisotopic (exact) mass is 184 g/mol. The van der Waals surface area contributed by atoms with Crippen LogP contribution in [0.4, 0.5) is 0 Å². The van der Waals surface area contributed by atoms with Crippen LogP contribution in [0.1, 0.15) is 46.0 Å². The zero-order valence-electron chi connectivity index (χ0n) is 8.71. The van der Waals surface area contributed by atoms with Gasteiger partial charge in [-0.1, -0.05) is 26.7 Å². The molecule has 13 heavy (non-hydrogen) atoms. The highest BCUT2D eigenvalue weighted by molar-refractivity contribution is 5.63. The van der Waals surface area contributed by atoms with E-state index in [4.69, 9.17) is 4.74 Å². The fraction of sp³-hybridized carbons (Fsp3) is 0.909. The summed E-state index contributed by atoms with van der Waals surface area (Å²) in [7, 11) is 0. The molecule has 1 saturated carbocycles. The summed E-state index contributed by atoms with van der Waals surface area (Å²) in [6.45, 7) is 4.91. The molecule has 76 valence electrons. The number of aldehydes is 1. The number of hydrogen-bond acceptors (Lipinski definition) is 2. The Kier molecular flexibility index (Phi) is 3.91. The Balaban J connectivity index is 2.58. The molecule has 0 spiro atoms. The van der Waals surface area contributed by atoms with Crippen LogP contribution in [-0.2, 0) is 9.53 Å². The molecule has 0 heterocycles. The molecule has 0 saturated heterocycles. The third-order valence-corrected chi connectivity index (χ3v) is 3.06. The van der Waals surface area contributed by atoms with E-state index in [1.165, 1.54) is 6.42 Å². The summed E-state index contributed by atoms with van der Waals surface area (Å²) >= 11 is 0. The number of carbonyl (C=O) groups is 1. The molecule has 0 amide bonds. The molecule has 0 radical (unpaired) electrons. The Morgan fingerprint density at radius 3 is 2.85 bits per heavy atom. The van der Waals surface area contributed by atoms with Crippen molar-refractivity contribution in [3.8, 4) is 0 Å². The quantitative estimate of drug-likeness (QED) is 0.628. The second-order valence-electron chi connectivity index (χ2n) is 4.07. The van der Waals surface area contributed by atoms with E-state index < -0.39 is 5.60 Å². The van der Waals surface area contributed by atoms with Gasteiger partial charge in [-0.25, -0.2) is 0 Å². The van der Waals surface area contributed by atoms with Gasteiger partial charge in [-0.05, 0) is 25.2 Å². The SMILES string of the molecule is CCCOC1(C=O)CCCCC1C. The van der Waals surface area contributed by atoms with Gasteiger partial charge in [0.05, 0.1) is 0 Å². The van der Waals surface area contributed by atoms with Crippen LogP contribution in [0.2, 0.25) is 0 Å². The maximum atomic E-state index is 11.1. The van der Waals surface area contributed by atoms with Crippen molar-refractivity contribution in [1.29, 1.82) is 0 Å². The third-order valence-electron chi connectivity index (χ3n) is 3.06. The molecule has 0 N–H and O–H groups in total. The van der Waals surface area contributed by atoms with Crippen LogP contribution in [0, 0.1) is 5.92 Å². The molecule has 1 rings (SSSR count). The maximum absolute atomic E-state index is 11.1. The number of carbonyl (C=O) groups excluding carboxylic acids is 1. The van der Waals surface area contributed by atoms with Crippen LogP contribution in [0.5, 0.6) is 0 Å². The minimum Gasteiger partial charge on any atom is -0.367 e. The van der Waals surface area contributed by atoms with Gasteiger partial charge >= 0.3 is 0 Å². The Morgan fingerprint density at radius 1 is 1.54 bits per heavy atom. The van der Waals surface area contributed by atoms with E-state index >= 15 is 0 Å². The van der Waals surface area contributed by atoms with Gasteiger partial charge in [0.1, 0.15) is 5.60 Å². The van der Waals surface area contributed by atoms with Crippen molar-refractivity contribution in [3.05, 3.63) is 0 Å². The largest absolute Gasteiger partial charge is 0.367 e.